The SMILES string of the molecule is CCC(=O)N(CCOCCC#N)c1ccc(OC)c(N)c1. The van der Waals surface area contributed by atoms with Crippen LogP contribution in [0.5, 0.6) is 5.75 Å². The van der Waals surface area contributed by atoms with E-state index in [1.165, 1.54) is 0 Å². The lowest BCUT2D eigenvalue weighted by molar-refractivity contribution is -0.118. The summed E-state index contributed by atoms with van der Waals surface area (Å²) in [6.07, 6.45) is 0.737. The molecule has 1 rings (SSSR count). The van der Waals surface area contributed by atoms with Crippen LogP contribution in [0.15, 0.2) is 18.2 Å². The van der Waals surface area contributed by atoms with Crippen molar-refractivity contribution in [2.24, 2.45) is 0 Å². The summed E-state index contributed by atoms with van der Waals surface area (Å²) in [5, 5.41) is 8.44. The monoisotopic (exact) mass is 291 g/mol. The van der Waals surface area contributed by atoms with E-state index in [1.807, 2.05) is 6.07 Å². The lowest BCUT2D eigenvalue weighted by Gasteiger charge is -2.23. The number of carbonyl (C=O) groups is 1. The number of anilines is 2. The highest BCUT2D eigenvalue weighted by atomic mass is 16.5. The van der Waals surface area contributed by atoms with Gasteiger partial charge in [-0.15, -0.1) is 0 Å². The van der Waals surface area contributed by atoms with Crippen molar-refractivity contribution in [2.45, 2.75) is 19.8 Å². The molecule has 0 aliphatic carbocycles. The summed E-state index contributed by atoms with van der Waals surface area (Å²) >= 11 is 0. The van der Waals surface area contributed by atoms with Crippen LogP contribution in [-0.2, 0) is 9.53 Å². The summed E-state index contributed by atoms with van der Waals surface area (Å²) in [6, 6.07) is 7.24. The Morgan fingerprint density at radius 1 is 1.43 bits per heavy atom. The maximum Gasteiger partial charge on any atom is 0.226 e. The zero-order chi connectivity index (χ0) is 15.7. The van der Waals surface area contributed by atoms with Gasteiger partial charge < -0.3 is 20.1 Å². The number of hydrogen-bond donors (Lipinski definition) is 1. The second-order valence-corrected chi connectivity index (χ2v) is 4.35. The third-order valence-electron chi connectivity index (χ3n) is 2.95. The molecule has 0 aliphatic rings. The van der Waals surface area contributed by atoms with Gasteiger partial charge in [0.15, 0.2) is 0 Å². The summed E-state index contributed by atoms with van der Waals surface area (Å²) < 4.78 is 10.4. The van der Waals surface area contributed by atoms with E-state index in [0.29, 0.717) is 49.7 Å². The molecular formula is C15H21N3O3. The number of ether oxygens (including phenoxy) is 2. The van der Waals surface area contributed by atoms with Gasteiger partial charge in [-0.25, -0.2) is 0 Å². The van der Waals surface area contributed by atoms with Crippen molar-refractivity contribution in [1.29, 1.82) is 5.26 Å². The third kappa shape index (κ3) is 4.97. The molecule has 6 nitrogen and oxygen atoms in total. The Morgan fingerprint density at radius 3 is 2.76 bits per heavy atom. The topological polar surface area (TPSA) is 88.6 Å². The largest absolute Gasteiger partial charge is 0.495 e. The smallest absolute Gasteiger partial charge is 0.226 e. The lowest BCUT2D eigenvalue weighted by Crippen LogP contribution is -2.33. The Hall–Kier alpha value is -2.26. The maximum absolute atomic E-state index is 12.0. The molecule has 21 heavy (non-hydrogen) atoms. The summed E-state index contributed by atoms with van der Waals surface area (Å²) in [7, 11) is 1.55. The highest BCUT2D eigenvalue weighted by Crippen LogP contribution is 2.27. The van der Waals surface area contributed by atoms with E-state index in [2.05, 4.69) is 0 Å². The molecular weight excluding hydrogens is 270 g/mol. The van der Waals surface area contributed by atoms with Crippen molar-refractivity contribution in [2.75, 3.05) is 37.5 Å². The fraction of sp³-hybridized carbons (Fsp3) is 0.467. The standard InChI is InChI=1S/C15H21N3O3/c1-3-15(19)18(8-10-21-9-4-7-16)12-5-6-14(20-2)13(17)11-12/h5-6,11H,3-4,8-10,17H2,1-2H3. The third-order valence-corrected chi connectivity index (χ3v) is 2.95. The normalized spacial score (nSPS) is 9.95. The van der Waals surface area contributed by atoms with Crippen LogP contribution in [0.4, 0.5) is 11.4 Å². The molecule has 1 amide bonds. The van der Waals surface area contributed by atoms with Gasteiger partial charge in [0.05, 0.1) is 38.5 Å². The van der Waals surface area contributed by atoms with Crippen LogP contribution in [0.2, 0.25) is 0 Å². The lowest BCUT2D eigenvalue weighted by atomic mass is 10.2. The van der Waals surface area contributed by atoms with Gasteiger partial charge in [-0.1, -0.05) is 6.92 Å². The molecule has 0 unspecified atom stereocenters. The fourth-order valence-corrected chi connectivity index (χ4v) is 1.85. The number of rotatable bonds is 8. The van der Waals surface area contributed by atoms with E-state index in [4.69, 9.17) is 20.5 Å². The molecule has 0 radical (unpaired) electrons. The number of hydrogen-bond acceptors (Lipinski definition) is 5. The van der Waals surface area contributed by atoms with Crippen LogP contribution in [0, 0.1) is 11.3 Å². The van der Waals surface area contributed by atoms with Gasteiger partial charge in [-0.3, -0.25) is 4.79 Å². The van der Waals surface area contributed by atoms with Crippen molar-refractivity contribution in [3.63, 3.8) is 0 Å². The van der Waals surface area contributed by atoms with E-state index in [-0.39, 0.29) is 5.91 Å². The predicted octanol–water partition coefficient (Wildman–Crippen LogP) is 1.95. The average Bonchev–Trinajstić information content (AvgIpc) is 2.50. The Balaban J connectivity index is 2.76. The van der Waals surface area contributed by atoms with Gasteiger partial charge in [0.2, 0.25) is 5.91 Å². The molecule has 1 aromatic carbocycles. The molecule has 0 atom stereocenters. The first kappa shape index (κ1) is 16.8. The van der Waals surface area contributed by atoms with Crippen LogP contribution in [0.3, 0.4) is 0 Å². The van der Waals surface area contributed by atoms with E-state index in [1.54, 1.807) is 37.1 Å². The molecule has 0 heterocycles. The van der Waals surface area contributed by atoms with Gasteiger partial charge in [0.1, 0.15) is 5.75 Å². The molecule has 0 bridgehead atoms. The Labute approximate surface area is 125 Å². The maximum atomic E-state index is 12.0. The quantitative estimate of drug-likeness (QED) is 0.584. The number of nitrogen functional groups attached to an aromatic ring is 1. The minimum Gasteiger partial charge on any atom is -0.495 e. The highest BCUT2D eigenvalue weighted by molar-refractivity contribution is 5.93. The number of nitrogens with two attached hydrogens (primary N) is 1. The first-order valence-electron chi connectivity index (χ1n) is 6.82. The van der Waals surface area contributed by atoms with Gasteiger partial charge in [-0.2, -0.15) is 5.26 Å². The molecule has 1 aromatic rings. The molecule has 2 N–H and O–H groups in total. The molecule has 0 aliphatic heterocycles. The zero-order valence-corrected chi connectivity index (χ0v) is 12.5. The Morgan fingerprint density at radius 2 is 2.19 bits per heavy atom. The van der Waals surface area contributed by atoms with Crippen molar-refractivity contribution in [3.8, 4) is 11.8 Å². The van der Waals surface area contributed by atoms with E-state index >= 15 is 0 Å². The Bertz CT molecular complexity index is 511. The minimum atomic E-state index is -0.0107. The molecule has 0 saturated heterocycles. The first-order valence-corrected chi connectivity index (χ1v) is 6.82. The van der Waals surface area contributed by atoms with Crippen LogP contribution in [-0.4, -0.2) is 32.8 Å². The van der Waals surface area contributed by atoms with Gasteiger partial charge in [0.25, 0.3) is 0 Å². The van der Waals surface area contributed by atoms with Crippen molar-refractivity contribution in [3.05, 3.63) is 18.2 Å². The number of methoxy groups -OCH3 is 1. The first-order chi connectivity index (χ1) is 10.1. The Kier molecular flexibility index (Phi) is 7.05. The van der Waals surface area contributed by atoms with Crippen molar-refractivity contribution in [1.82, 2.24) is 0 Å². The summed E-state index contributed by atoms with van der Waals surface area (Å²) in [6.45, 7) is 2.97. The number of carbonyl (C=O) groups excluding carboxylic acids is 1. The molecule has 0 fully saturated rings. The fourth-order valence-electron chi connectivity index (χ4n) is 1.85. The number of nitrogens with zero attached hydrogens (tertiary/aromatic N) is 2. The van der Waals surface area contributed by atoms with Gasteiger partial charge in [-0.05, 0) is 18.2 Å². The molecule has 6 heteroatoms. The van der Waals surface area contributed by atoms with E-state index in [9.17, 15) is 4.79 Å². The predicted molar refractivity (Wildman–Crippen MR) is 81.1 cm³/mol. The molecule has 0 aromatic heterocycles. The van der Waals surface area contributed by atoms with Crippen LogP contribution >= 0.6 is 0 Å². The average molecular weight is 291 g/mol. The highest BCUT2D eigenvalue weighted by Gasteiger charge is 2.15. The summed E-state index contributed by atoms with van der Waals surface area (Å²) in [5.41, 5.74) is 7.07. The summed E-state index contributed by atoms with van der Waals surface area (Å²) in [4.78, 5) is 13.7. The van der Waals surface area contributed by atoms with Crippen LogP contribution in [0.1, 0.15) is 19.8 Å². The van der Waals surface area contributed by atoms with Crippen molar-refractivity contribution >= 4 is 17.3 Å². The van der Waals surface area contributed by atoms with E-state index in [0.717, 1.165) is 0 Å². The van der Waals surface area contributed by atoms with Crippen LogP contribution in [0.25, 0.3) is 0 Å². The van der Waals surface area contributed by atoms with E-state index < -0.39 is 0 Å². The second-order valence-electron chi connectivity index (χ2n) is 4.35. The van der Waals surface area contributed by atoms with Crippen molar-refractivity contribution < 1.29 is 14.3 Å². The second kappa shape index (κ2) is 8.82. The number of amides is 1. The zero-order valence-electron chi connectivity index (χ0n) is 12.5. The van der Waals surface area contributed by atoms with Gasteiger partial charge in [0, 0.05) is 18.7 Å². The van der Waals surface area contributed by atoms with Crippen LogP contribution < -0.4 is 15.4 Å². The van der Waals surface area contributed by atoms with Gasteiger partial charge >= 0.3 is 0 Å². The number of nitriles is 1. The summed E-state index contributed by atoms with van der Waals surface area (Å²) in [5.74, 6) is 0.566. The number of benzene rings is 1. The minimum absolute atomic E-state index is 0.0107. The molecule has 0 spiro atoms. The molecule has 0 saturated carbocycles. The molecule has 114 valence electrons.